The van der Waals surface area contributed by atoms with Gasteiger partial charge in [-0.2, -0.15) is 0 Å². The van der Waals surface area contributed by atoms with Crippen molar-refractivity contribution in [3.63, 3.8) is 0 Å². The SMILES string of the molecule is Clc1ccc([C@@H]2OC[C@@H]3CCO[C@@]34CCC[C@@H]24)cc1. The Labute approximate surface area is 119 Å². The molecule has 4 rings (SSSR count). The van der Waals surface area contributed by atoms with Gasteiger partial charge in [0.1, 0.15) is 0 Å². The first-order valence-corrected chi connectivity index (χ1v) is 7.68. The van der Waals surface area contributed by atoms with Gasteiger partial charge in [-0.3, -0.25) is 0 Å². The van der Waals surface area contributed by atoms with Gasteiger partial charge in [-0.1, -0.05) is 30.2 Å². The van der Waals surface area contributed by atoms with Gasteiger partial charge in [-0.05, 0) is 37.0 Å². The standard InChI is InChI=1S/C16H19ClO2/c17-13-5-3-11(4-6-13)15-14-2-1-8-16(14)12(10-18-15)7-9-19-16/h3-6,12,14-15H,1-2,7-10H2/t12-,14-,15-,16-/m0/s1. The molecule has 0 bridgehead atoms. The van der Waals surface area contributed by atoms with Crippen LogP contribution in [-0.4, -0.2) is 18.8 Å². The molecule has 3 fully saturated rings. The zero-order valence-corrected chi connectivity index (χ0v) is 11.7. The van der Waals surface area contributed by atoms with Crippen LogP contribution in [0.5, 0.6) is 0 Å². The molecule has 2 saturated heterocycles. The third kappa shape index (κ3) is 1.77. The van der Waals surface area contributed by atoms with E-state index < -0.39 is 0 Å². The molecule has 4 atom stereocenters. The zero-order valence-electron chi connectivity index (χ0n) is 11.0. The fraction of sp³-hybridized carbons (Fsp3) is 0.625. The number of rotatable bonds is 1. The van der Waals surface area contributed by atoms with Crippen LogP contribution in [0, 0.1) is 11.8 Å². The number of hydrogen-bond donors (Lipinski definition) is 0. The summed E-state index contributed by atoms with van der Waals surface area (Å²) in [6.07, 6.45) is 5.08. The Morgan fingerprint density at radius 2 is 2.00 bits per heavy atom. The van der Waals surface area contributed by atoms with Crippen molar-refractivity contribution in [2.24, 2.45) is 11.8 Å². The average Bonchev–Trinajstić information content (AvgIpc) is 3.02. The van der Waals surface area contributed by atoms with Gasteiger partial charge >= 0.3 is 0 Å². The van der Waals surface area contributed by atoms with Gasteiger partial charge in [-0.15, -0.1) is 0 Å². The van der Waals surface area contributed by atoms with E-state index in [1.807, 2.05) is 12.1 Å². The maximum Gasteiger partial charge on any atom is 0.0880 e. The fourth-order valence-corrected chi connectivity index (χ4v) is 4.54. The number of halogens is 1. The minimum absolute atomic E-state index is 0.114. The lowest BCUT2D eigenvalue weighted by atomic mass is 9.73. The van der Waals surface area contributed by atoms with E-state index in [4.69, 9.17) is 21.1 Å². The van der Waals surface area contributed by atoms with E-state index in [9.17, 15) is 0 Å². The molecular formula is C16H19ClO2. The third-order valence-electron chi connectivity index (χ3n) is 5.28. The summed E-state index contributed by atoms with van der Waals surface area (Å²) >= 11 is 5.98. The van der Waals surface area contributed by atoms with Gasteiger partial charge in [0, 0.05) is 23.5 Å². The van der Waals surface area contributed by atoms with Gasteiger partial charge < -0.3 is 9.47 Å². The Balaban J connectivity index is 1.69. The molecule has 0 N–H and O–H groups in total. The van der Waals surface area contributed by atoms with Crippen molar-refractivity contribution in [1.29, 1.82) is 0 Å². The minimum Gasteiger partial charge on any atom is -0.374 e. The molecule has 19 heavy (non-hydrogen) atoms. The summed E-state index contributed by atoms with van der Waals surface area (Å²) in [5, 5.41) is 0.788. The molecule has 1 aromatic carbocycles. The summed E-state index contributed by atoms with van der Waals surface area (Å²) in [7, 11) is 0. The van der Waals surface area contributed by atoms with E-state index in [1.165, 1.54) is 31.2 Å². The van der Waals surface area contributed by atoms with E-state index in [1.54, 1.807) is 0 Å². The molecule has 2 aliphatic heterocycles. The molecule has 0 amide bonds. The Morgan fingerprint density at radius 1 is 1.16 bits per heavy atom. The van der Waals surface area contributed by atoms with E-state index in [0.29, 0.717) is 11.8 Å². The molecule has 2 heterocycles. The van der Waals surface area contributed by atoms with Crippen molar-refractivity contribution in [1.82, 2.24) is 0 Å². The lowest BCUT2D eigenvalue weighted by Crippen LogP contribution is -2.48. The molecule has 102 valence electrons. The third-order valence-corrected chi connectivity index (χ3v) is 5.53. The van der Waals surface area contributed by atoms with Crippen molar-refractivity contribution < 1.29 is 9.47 Å². The molecule has 1 aliphatic carbocycles. The topological polar surface area (TPSA) is 18.5 Å². The van der Waals surface area contributed by atoms with E-state index in [2.05, 4.69) is 12.1 Å². The number of benzene rings is 1. The van der Waals surface area contributed by atoms with Crippen LogP contribution in [0.3, 0.4) is 0 Å². The van der Waals surface area contributed by atoms with E-state index >= 15 is 0 Å². The summed E-state index contributed by atoms with van der Waals surface area (Å²) in [6, 6.07) is 8.13. The van der Waals surface area contributed by atoms with Crippen LogP contribution in [-0.2, 0) is 9.47 Å². The van der Waals surface area contributed by atoms with Crippen LogP contribution < -0.4 is 0 Å². The highest BCUT2D eigenvalue weighted by atomic mass is 35.5. The summed E-state index contributed by atoms with van der Waals surface area (Å²) in [5.74, 6) is 1.14. The molecule has 1 saturated carbocycles. The average molecular weight is 279 g/mol. The molecule has 1 spiro atoms. The van der Waals surface area contributed by atoms with E-state index in [-0.39, 0.29) is 11.7 Å². The van der Waals surface area contributed by atoms with Crippen LogP contribution in [0.4, 0.5) is 0 Å². The smallest absolute Gasteiger partial charge is 0.0880 e. The highest BCUT2D eigenvalue weighted by Gasteiger charge is 2.58. The van der Waals surface area contributed by atoms with Crippen molar-refractivity contribution in [2.75, 3.05) is 13.2 Å². The quantitative estimate of drug-likeness (QED) is 0.773. The van der Waals surface area contributed by atoms with Gasteiger partial charge in [0.05, 0.1) is 18.3 Å². The Kier molecular flexibility index (Phi) is 2.87. The van der Waals surface area contributed by atoms with E-state index in [0.717, 1.165) is 18.2 Å². The molecule has 0 unspecified atom stereocenters. The number of hydrogen-bond acceptors (Lipinski definition) is 2. The van der Waals surface area contributed by atoms with Crippen LogP contribution in [0.25, 0.3) is 0 Å². The predicted molar refractivity (Wildman–Crippen MR) is 74.3 cm³/mol. The second-order valence-corrected chi connectivity index (χ2v) is 6.53. The summed E-state index contributed by atoms with van der Waals surface area (Å²) in [4.78, 5) is 0. The summed E-state index contributed by atoms with van der Waals surface area (Å²) < 4.78 is 12.4. The zero-order chi connectivity index (χ0) is 12.9. The first kappa shape index (κ1) is 12.2. The predicted octanol–water partition coefficient (Wildman–Crippen LogP) is 3.99. The van der Waals surface area contributed by atoms with Gasteiger partial charge in [0.25, 0.3) is 0 Å². The van der Waals surface area contributed by atoms with Gasteiger partial charge in [-0.25, -0.2) is 0 Å². The van der Waals surface area contributed by atoms with Gasteiger partial charge in [0.15, 0.2) is 0 Å². The maximum atomic E-state index is 6.24. The summed E-state index contributed by atoms with van der Waals surface area (Å²) in [6.45, 7) is 1.77. The largest absolute Gasteiger partial charge is 0.374 e. The Bertz CT molecular complexity index is 468. The first-order chi connectivity index (χ1) is 9.29. The molecule has 0 aromatic heterocycles. The Morgan fingerprint density at radius 3 is 2.84 bits per heavy atom. The fourth-order valence-electron chi connectivity index (χ4n) is 4.42. The monoisotopic (exact) mass is 278 g/mol. The molecule has 1 aromatic rings. The van der Waals surface area contributed by atoms with Crippen LogP contribution >= 0.6 is 11.6 Å². The summed E-state index contributed by atoms with van der Waals surface area (Å²) in [5.41, 5.74) is 1.37. The molecule has 3 aliphatic rings. The molecule has 3 heteroatoms. The molecular weight excluding hydrogens is 260 g/mol. The molecule has 2 nitrogen and oxygen atoms in total. The maximum absolute atomic E-state index is 6.24. The van der Waals surface area contributed by atoms with Crippen molar-refractivity contribution in [2.45, 2.75) is 37.4 Å². The Hall–Kier alpha value is -0.570. The second kappa shape index (κ2) is 4.47. The highest BCUT2D eigenvalue weighted by molar-refractivity contribution is 6.30. The second-order valence-electron chi connectivity index (χ2n) is 6.09. The van der Waals surface area contributed by atoms with Crippen molar-refractivity contribution in [3.8, 4) is 0 Å². The van der Waals surface area contributed by atoms with Crippen LogP contribution in [0.15, 0.2) is 24.3 Å². The van der Waals surface area contributed by atoms with Crippen molar-refractivity contribution >= 4 is 11.6 Å². The highest BCUT2D eigenvalue weighted by Crippen LogP contribution is 2.57. The van der Waals surface area contributed by atoms with Crippen LogP contribution in [0.2, 0.25) is 5.02 Å². The molecule has 0 radical (unpaired) electrons. The lowest BCUT2D eigenvalue weighted by molar-refractivity contribution is -0.166. The first-order valence-electron chi connectivity index (χ1n) is 7.31. The minimum atomic E-state index is 0.114. The van der Waals surface area contributed by atoms with Crippen LogP contribution in [0.1, 0.15) is 37.4 Å². The number of ether oxygens (including phenoxy) is 2. The normalized spacial score (nSPS) is 41.0. The lowest BCUT2D eigenvalue weighted by Gasteiger charge is -2.45. The van der Waals surface area contributed by atoms with Crippen molar-refractivity contribution in [3.05, 3.63) is 34.9 Å². The van der Waals surface area contributed by atoms with Gasteiger partial charge in [0.2, 0.25) is 0 Å².